The van der Waals surface area contributed by atoms with E-state index in [4.69, 9.17) is 0 Å². The fourth-order valence-corrected chi connectivity index (χ4v) is 4.48. The van der Waals surface area contributed by atoms with Crippen molar-refractivity contribution in [3.05, 3.63) is 29.2 Å². The number of thiophene rings is 1. The van der Waals surface area contributed by atoms with Crippen LogP contribution in [0.15, 0.2) is 28.5 Å². The van der Waals surface area contributed by atoms with Crippen molar-refractivity contribution in [1.29, 1.82) is 0 Å². The Hall–Kier alpha value is -1.18. The molecule has 0 amide bonds. The molecule has 7 heteroatoms. The monoisotopic (exact) mass is 287 g/mol. The lowest BCUT2D eigenvalue weighted by Gasteiger charge is -2.24. The van der Waals surface area contributed by atoms with Crippen LogP contribution in [-0.4, -0.2) is 25.0 Å². The molecular weight excluding hydrogens is 274 g/mol. The Morgan fingerprint density at radius 3 is 2.44 bits per heavy atom. The predicted octanol–water partition coefficient (Wildman–Crippen LogP) is 1.51. The lowest BCUT2D eigenvalue weighted by Crippen LogP contribution is -2.52. The maximum atomic E-state index is 12.1. The molecule has 0 saturated heterocycles. The molecule has 2 rings (SSSR count). The molecule has 1 aliphatic carbocycles. The van der Waals surface area contributed by atoms with Gasteiger partial charge < -0.3 is 5.11 Å². The van der Waals surface area contributed by atoms with Gasteiger partial charge in [0.1, 0.15) is 9.75 Å². The molecule has 0 aliphatic heterocycles. The fraction of sp³-hybridized carbons (Fsp3) is 0.364. The van der Waals surface area contributed by atoms with E-state index in [-0.39, 0.29) is 17.1 Å². The van der Waals surface area contributed by atoms with Crippen molar-refractivity contribution in [1.82, 2.24) is 4.72 Å². The zero-order chi connectivity index (χ0) is 13.4. The fourth-order valence-electron chi connectivity index (χ4n) is 1.82. The molecular formula is C11H13NO4S2. The summed E-state index contributed by atoms with van der Waals surface area (Å²) in [6, 6.07) is 3.18. The molecule has 0 radical (unpaired) electrons. The Labute approximate surface area is 109 Å². The lowest BCUT2D eigenvalue weighted by atomic mass is 9.99. The molecule has 1 aliphatic rings. The molecule has 1 heterocycles. The molecule has 0 spiro atoms. The predicted molar refractivity (Wildman–Crippen MR) is 68.1 cm³/mol. The highest BCUT2D eigenvalue weighted by atomic mass is 32.2. The summed E-state index contributed by atoms with van der Waals surface area (Å²) in [7, 11) is -3.78. The number of hydrogen-bond acceptors (Lipinski definition) is 4. The van der Waals surface area contributed by atoms with Crippen molar-refractivity contribution in [2.24, 2.45) is 0 Å². The molecule has 0 bridgehead atoms. The van der Waals surface area contributed by atoms with E-state index in [9.17, 15) is 18.3 Å². The minimum absolute atomic E-state index is 0.146. The minimum Gasteiger partial charge on any atom is -0.480 e. The summed E-state index contributed by atoms with van der Waals surface area (Å²) < 4.78 is 26.7. The normalized spacial score (nSPS) is 18.1. The Bertz CT molecular complexity index is 592. The van der Waals surface area contributed by atoms with E-state index in [1.54, 1.807) is 25.1 Å². The molecule has 2 N–H and O–H groups in total. The highest BCUT2D eigenvalue weighted by molar-refractivity contribution is 7.91. The van der Waals surface area contributed by atoms with Gasteiger partial charge in [0.15, 0.2) is 0 Å². The van der Waals surface area contributed by atoms with Crippen LogP contribution in [0.4, 0.5) is 0 Å². The van der Waals surface area contributed by atoms with Crippen LogP contribution in [0, 0.1) is 6.92 Å². The van der Waals surface area contributed by atoms with Gasteiger partial charge in [-0.1, -0.05) is 12.2 Å². The number of aliphatic carboxylic acids is 1. The molecule has 98 valence electrons. The molecule has 1 aromatic rings. The number of aryl methyl sites for hydroxylation is 1. The average molecular weight is 287 g/mol. The highest BCUT2D eigenvalue weighted by Gasteiger charge is 2.43. The number of rotatable bonds is 4. The van der Waals surface area contributed by atoms with Gasteiger partial charge in [0.05, 0.1) is 0 Å². The van der Waals surface area contributed by atoms with Gasteiger partial charge in [0, 0.05) is 4.88 Å². The Morgan fingerprint density at radius 2 is 2.00 bits per heavy atom. The molecule has 0 aromatic carbocycles. The third-order valence-electron chi connectivity index (χ3n) is 2.82. The Balaban J connectivity index is 2.30. The van der Waals surface area contributed by atoms with E-state index in [0.717, 1.165) is 16.2 Å². The second-order valence-electron chi connectivity index (χ2n) is 4.24. The number of carboxylic acids is 1. The summed E-state index contributed by atoms with van der Waals surface area (Å²) in [5.41, 5.74) is -1.43. The first-order chi connectivity index (χ1) is 8.36. The summed E-state index contributed by atoms with van der Waals surface area (Å²) in [6.07, 6.45) is 3.70. The van der Waals surface area contributed by atoms with E-state index < -0.39 is 21.5 Å². The van der Waals surface area contributed by atoms with Crippen LogP contribution >= 0.6 is 11.3 Å². The van der Waals surface area contributed by atoms with Crippen molar-refractivity contribution >= 4 is 27.3 Å². The Morgan fingerprint density at radius 1 is 1.39 bits per heavy atom. The summed E-state index contributed by atoms with van der Waals surface area (Å²) in [6.45, 7) is 1.80. The SMILES string of the molecule is Cc1ccc(S(=O)(=O)NC2(C(=O)O)CC=CC2)s1. The van der Waals surface area contributed by atoms with E-state index in [0.29, 0.717) is 0 Å². The molecule has 5 nitrogen and oxygen atoms in total. The van der Waals surface area contributed by atoms with Crippen molar-refractivity contribution in [3.63, 3.8) is 0 Å². The maximum Gasteiger partial charge on any atom is 0.325 e. The van der Waals surface area contributed by atoms with Crippen LogP contribution in [0.5, 0.6) is 0 Å². The van der Waals surface area contributed by atoms with Crippen molar-refractivity contribution in [2.45, 2.75) is 29.5 Å². The summed E-state index contributed by atoms with van der Waals surface area (Å²) in [5, 5.41) is 9.22. The van der Waals surface area contributed by atoms with Gasteiger partial charge in [-0.3, -0.25) is 4.79 Å². The van der Waals surface area contributed by atoms with E-state index in [1.165, 1.54) is 6.07 Å². The molecule has 1 aromatic heterocycles. The molecule has 18 heavy (non-hydrogen) atoms. The smallest absolute Gasteiger partial charge is 0.325 e. The van der Waals surface area contributed by atoms with Crippen molar-refractivity contribution in [3.8, 4) is 0 Å². The summed E-state index contributed by atoms with van der Waals surface area (Å²) in [5.74, 6) is -1.15. The number of sulfonamides is 1. The van der Waals surface area contributed by atoms with Crippen molar-refractivity contribution in [2.75, 3.05) is 0 Å². The van der Waals surface area contributed by atoms with Gasteiger partial charge in [0.2, 0.25) is 0 Å². The van der Waals surface area contributed by atoms with Gasteiger partial charge in [-0.2, -0.15) is 4.72 Å². The average Bonchev–Trinajstić information content (AvgIpc) is 2.87. The van der Waals surface area contributed by atoms with E-state index in [2.05, 4.69) is 4.72 Å². The molecule has 0 unspecified atom stereocenters. The van der Waals surface area contributed by atoms with Crippen LogP contribution in [-0.2, 0) is 14.8 Å². The van der Waals surface area contributed by atoms with Gasteiger partial charge in [-0.25, -0.2) is 8.42 Å². The Kier molecular flexibility index (Phi) is 3.31. The highest BCUT2D eigenvalue weighted by Crippen LogP contribution is 2.28. The van der Waals surface area contributed by atoms with Gasteiger partial charge in [-0.15, -0.1) is 11.3 Å². The first kappa shape index (κ1) is 13.3. The van der Waals surface area contributed by atoms with Crippen molar-refractivity contribution < 1.29 is 18.3 Å². The first-order valence-corrected chi connectivity index (χ1v) is 7.64. The second-order valence-corrected chi connectivity index (χ2v) is 7.43. The number of nitrogens with one attached hydrogen (secondary N) is 1. The number of carbonyl (C=O) groups is 1. The number of hydrogen-bond donors (Lipinski definition) is 2. The largest absolute Gasteiger partial charge is 0.480 e. The number of carboxylic acid groups (broad SMARTS) is 1. The van der Waals surface area contributed by atoms with Gasteiger partial charge >= 0.3 is 5.97 Å². The van der Waals surface area contributed by atoms with E-state index in [1.807, 2.05) is 0 Å². The molecule has 0 atom stereocenters. The summed E-state index contributed by atoms with van der Waals surface area (Å²) in [4.78, 5) is 12.1. The van der Waals surface area contributed by atoms with Crippen LogP contribution < -0.4 is 4.72 Å². The minimum atomic E-state index is -3.78. The third-order valence-corrected chi connectivity index (χ3v) is 5.85. The van der Waals surface area contributed by atoms with Crippen LogP contribution in [0.1, 0.15) is 17.7 Å². The molecule has 0 saturated carbocycles. The van der Waals surface area contributed by atoms with E-state index >= 15 is 0 Å². The zero-order valence-electron chi connectivity index (χ0n) is 9.71. The van der Waals surface area contributed by atoms with Crippen LogP contribution in [0.25, 0.3) is 0 Å². The quantitative estimate of drug-likeness (QED) is 0.822. The standard InChI is InChI=1S/C11H13NO4S2/c1-8-4-5-9(17-8)18(15,16)12-11(10(13)14)6-2-3-7-11/h2-5,12H,6-7H2,1H3,(H,13,14). The second kappa shape index (κ2) is 4.49. The topological polar surface area (TPSA) is 83.5 Å². The lowest BCUT2D eigenvalue weighted by molar-refractivity contribution is -0.143. The maximum absolute atomic E-state index is 12.1. The molecule has 0 fully saturated rings. The third kappa shape index (κ3) is 2.33. The van der Waals surface area contributed by atoms with Crippen LogP contribution in [0.2, 0.25) is 0 Å². The zero-order valence-corrected chi connectivity index (χ0v) is 11.3. The first-order valence-electron chi connectivity index (χ1n) is 5.35. The van der Waals surface area contributed by atoms with Gasteiger partial charge in [0.25, 0.3) is 10.0 Å². The summed E-state index contributed by atoms with van der Waals surface area (Å²) >= 11 is 1.12. The van der Waals surface area contributed by atoms with Gasteiger partial charge in [-0.05, 0) is 31.9 Å². The van der Waals surface area contributed by atoms with Crippen LogP contribution in [0.3, 0.4) is 0 Å².